The van der Waals surface area contributed by atoms with Crippen molar-refractivity contribution in [3.63, 3.8) is 0 Å². The zero-order chi connectivity index (χ0) is 18.3. The molecule has 0 spiro atoms. The van der Waals surface area contributed by atoms with Crippen LogP contribution in [-0.4, -0.2) is 38.7 Å². The molecule has 1 atom stereocenters. The van der Waals surface area contributed by atoms with E-state index < -0.39 is 0 Å². The molecule has 0 bridgehead atoms. The topological polar surface area (TPSA) is 55.2 Å². The largest absolute Gasteiger partial charge is 0.342 e. The maximum absolute atomic E-state index is 13.1. The zero-order valence-electron chi connectivity index (χ0n) is 15.5. The molecule has 2 aromatic rings. The predicted octanol–water partition coefficient (Wildman–Crippen LogP) is 3.76. The molecule has 1 saturated heterocycles. The third-order valence-electron chi connectivity index (χ3n) is 4.77. The molecular formula is C18H25N3O2S2. The molecule has 1 aliphatic rings. The Morgan fingerprint density at radius 1 is 1.20 bits per heavy atom. The Balaban J connectivity index is 2.01. The molecule has 5 nitrogen and oxygen atoms in total. The normalized spacial score (nSPS) is 16.2. The quantitative estimate of drug-likeness (QED) is 0.599. The number of hydrogen-bond donors (Lipinski definition) is 0. The van der Waals surface area contributed by atoms with Crippen molar-refractivity contribution in [2.45, 2.75) is 63.9 Å². The Morgan fingerprint density at radius 3 is 2.44 bits per heavy atom. The Morgan fingerprint density at radius 2 is 1.84 bits per heavy atom. The van der Waals surface area contributed by atoms with Crippen LogP contribution in [0.4, 0.5) is 0 Å². The second kappa shape index (κ2) is 7.11. The van der Waals surface area contributed by atoms with Gasteiger partial charge in [-0.2, -0.15) is 0 Å². The van der Waals surface area contributed by atoms with E-state index in [9.17, 15) is 9.59 Å². The molecule has 136 valence electrons. The number of aryl methyl sites for hydroxylation is 2. The smallest absolute Gasteiger partial charge is 0.263 e. The summed E-state index contributed by atoms with van der Waals surface area (Å²) in [4.78, 5) is 34.3. The summed E-state index contributed by atoms with van der Waals surface area (Å²) in [6, 6.07) is 0.000551. The van der Waals surface area contributed by atoms with E-state index in [2.05, 4.69) is 0 Å². The standard InChI is InChI=1S/C18H25N3O2S2/c1-10(2)21-17(23)14-11(3)12(4)24-15(14)19-18(21)25-13(5)16(22)20-8-6-7-9-20/h10,13H,6-9H2,1-5H3. The lowest BCUT2D eigenvalue weighted by Gasteiger charge is -2.21. The van der Waals surface area contributed by atoms with Gasteiger partial charge in [0.25, 0.3) is 5.56 Å². The Bertz CT molecular complexity index is 863. The predicted molar refractivity (Wildman–Crippen MR) is 105 cm³/mol. The molecule has 0 aliphatic carbocycles. The third kappa shape index (κ3) is 3.36. The van der Waals surface area contributed by atoms with Crippen LogP contribution in [0.15, 0.2) is 9.95 Å². The van der Waals surface area contributed by atoms with Gasteiger partial charge in [-0.1, -0.05) is 11.8 Å². The van der Waals surface area contributed by atoms with Crippen molar-refractivity contribution >= 4 is 39.2 Å². The molecule has 7 heteroatoms. The summed E-state index contributed by atoms with van der Waals surface area (Å²) in [7, 11) is 0. The van der Waals surface area contributed by atoms with Crippen molar-refractivity contribution < 1.29 is 4.79 Å². The van der Waals surface area contributed by atoms with Crippen molar-refractivity contribution in [1.82, 2.24) is 14.5 Å². The number of carbonyl (C=O) groups excluding carboxylic acids is 1. The molecule has 25 heavy (non-hydrogen) atoms. The van der Waals surface area contributed by atoms with Crippen LogP contribution in [0.25, 0.3) is 10.2 Å². The fourth-order valence-electron chi connectivity index (χ4n) is 3.23. The van der Waals surface area contributed by atoms with Crippen molar-refractivity contribution in [2.24, 2.45) is 0 Å². The highest BCUT2D eigenvalue weighted by molar-refractivity contribution is 8.00. The number of rotatable bonds is 4. The summed E-state index contributed by atoms with van der Waals surface area (Å²) in [6.07, 6.45) is 2.16. The summed E-state index contributed by atoms with van der Waals surface area (Å²) in [5.41, 5.74) is 1.02. The molecule has 3 heterocycles. The van der Waals surface area contributed by atoms with Crippen LogP contribution in [0, 0.1) is 13.8 Å². The van der Waals surface area contributed by atoms with Gasteiger partial charge in [0.1, 0.15) is 4.83 Å². The fourth-order valence-corrected chi connectivity index (χ4v) is 5.42. The number of nitrogens with zero attached hydrogens (tertiary/aromatic N) is 3. The molecule has 1 amide bonds. The average Bonchev–Trinajstić information content (AvgIpc) is 3.15. The summed E-state index contributed by atoms with van der Waals surface area (Å²) in [6.45, 7) is 11.6. The van der Waals surface area contributed by atoms with E-state index in [1.807, 2.05) is 39.5 Å². The molecule has 3 rings (SSSR count). The van der Waals surface area contributed by atoms with E-state index in [4.69, 9.17) is 4.98 Å². The van der Waals surface area contributed by atoms with Crippen molar-refractivity contribution in [3.05, 3.63) is 20.8 Å². The van der Waals surface area contributed by atoms with Crippen molar-refractivity contribution in [3.8, 4) is 0 Å². The number of thiophene rings is 1. The van der Waals surface area contributed by atoms with Crippen LogP contribution >= 0.6 is 23.1 Å². The first-order chi connectivity index (χ1) is 11.8. The van der Waals surface area contributed by atoms with Crippen LogP contribution in [0.5, 0.6) is 0 Å². The van der Waals surface area contributed by atoms with Crippen LogP contribution in [0.2, 0.25) is 0 Å². The Kier molecular flexibility index (Phi) is 5.25. The first-order valence-corrected chi connectivity index (χ1v) is 10.5. The second-order valence-electron chi connectivity index (χ2n) is 6.92. The van der Waals surface area contributed by atoms with E-state index in [-0.39, 0.29) is 22.8 Å². The van der Waals surface area contributed by atoms with Gasteiger partial charge >= 0.3 is 0 Å². The number of amides is 1. The Hall–Kier alpha value is -1.34. The number of likely N-dealkylation sites (tertiary alicyclic amines) is 1. The molecule has 0 radical (unpaired) electrons. The Labute approximate surface area is 156 Å². The van der Waals surface area contributed by atoms with Crippen molar-refractivity contribution in [1.29, 1.82) is 0 Å². The van der Waals surface area contributed by atoms with Crippen LogP contribution in [0.3, 0.4) is 0 Å². The van der Waals surface area contributed by atoms with Gasteiger partial charge in [0.05, 0.1) is 10.6 Å². The van der Waals surface area contributed by atoms with E-state index in [0.29, 0.717) is 5.16 Å². The molecule has 0 aromatic carbocycles. The minimum Gasteiger partial charge on any atom is -0.342 e. The molecule has 1 fully saturated rings. The number of carbonyl (C=O) groups is 1. The minimum atomic E-state index is -0.241. The van der Waals surface area contributed by atoms with Gasteiger partial charge in [0.15, 0.2) is 5.16 Å². The SMILES string of the molecule is Cc1sc2nc(SC(C)C(=O)N3CCCC3)n(C(C)C)c(=O)c2c1C. The molecule has 2 aromatic heterocycles. The van der Waals surface area contributed by atoms with Gasteiger partial charge in [-0.05, 0) is 53.0 Å². The highest BCUT2D eigenvalue weighted by atomic mass is 32.2. The van der Waals surface area contributed by atoms with Gasteiger partial charge < -0.3 is 4.90 Å². The lowest BCUT2D eigenvalue weighted by molar-refractivity contribution is -0.129. The summed E-state index contributed by atoms with van der Waals surface area (Å²) in [5.74, 6) is 0.144. The van der Waals surface area contributed by atoms with E-state index in [1.165, 1.54) is 11.8 Å². The minimum absolute atomic E-state index is 0.000551. The monoisotopic (exact) mass is 379 g/mol. The molecule has 0 saturated carbocycles. The van der Waals surface area contributed by atoms with Crippen LogP contribution in [-0.2, 0) is 4.79 Å². The molecular weight excluding hydrogens is 354 g/mol. The molecule has 1 aliphatic heterocycles. The third-order valence-corrected chi connectivity index (χ3v) is 6.92. The van der Waals surface area contributed by atoms with Crippen LogP contribution in [0.1, 0.15) is 50.1 Å². The highest BCUT2D eigenvalue weighted by Gasteiger charge is 2.27. The first-order valence-electron chi connectivity index (χ1n) is 8.79. The van der Waals surface area contributed by atoms with Gasteiger partial charge in [-0.3, -0.25) is 14.2 Å². The fraction of sp³-hybridized carbons (Fsp3) is 0.611. The summed E-state index contributed by atoms with van der Waals surface area (Å²) in [5, 5.41) is 1.13. The second-order valence-corrected chi connectivity index (χ2v) is 9.43. The lowest BCUT2D eigenvalue weighted by atomic mass is 10.2. The van der Waals surface area contributed by atoms with E-state index in [1.54, 1.807) is 15.9 Å². The first kappa shape index (κ1) is 18.5. The van der Waals surface area contributed by atoms with Gasteiger partial charge in [-0.25, -0.2) is 4.98 Å². The van der Waals surface area contributed by atoms with E-state index in [0.717, 1.165) is 46.6 Å². The van der Waals surface area contributed by atoms with Gasteiger partial charge in [0.2, 0.25) is 5.91 Å². The summed E-state index contributed by atoms with van der Waals surface area (Å²) < 4.78 is 1.74. The lowest BCUT2D eigenvalue weighted by Crippen LogP contribution is -2.34. The zero-order valence-corrected chi connectivity index (χ0v) is 17.1. The van der Waals surface area contributed by atoms with Crippen LogP contribution < -0.4 is 5.56 Å². The molecule has 0 N–H and O–H groups in total. The number of hydrogen-bond acceptors (Lipinski definition) is 5. The molecule has 1 unspecified atom stereocenters. The number of aromatic nitrogens is 2. The maximum atomic E-state index is 13.1. The van der Waals surface area contributed by atoms with Gasteiger partial charge in [-0.15, -0.1) is 11.3 Å². The summed E-state index contributed by atoms with van der Waals surface area (Å²) >= 11 is 2.96. The highest BCUT2D eigenvalue weighted by Crippen LogP contribution is 2.31. The van der Waals surface area contributed by atoms with Crippen molar-refractivity contribution in [2.75, 3.05) is 13.1 Å². The maximum Gasteiger partial charge on any atom is 0.263 e. The number of thioether (sulfide) groups is 1. The van der Waals surface area contributed by atoms with E-state index >= 15 is 0 Å². The number of fused-ring (bicyclic) bond motifs is 1. The average molecular weight is 380 g/mol. The van der Waals surface area contributed by atoms with Gasteiger partial charge in [0, 0.05) is 24.0 Å².